The maximum atomic E-state index is 11.4. The van der Waals surface area contributed by atoms with Gasteiger partial charge in [-0.05, 0) is 51.9 Å². The Hall–Kier alpha value is -0.810. The largest absolute Gasteiger partial charge is 0.351 e. The van der Waals surface area contributed by atoms with Gasteiger partial charge in [0.05, 0.1) is 0 Å². The van der Waals surface area contributed by atoms with Crippen molar-refractivity contribution in [3.05, 3.63) is 0 Å². The maximum absolute atomic E-state index is 11.4. The van der Waals surface area contributed by atoms with Crippen LogP contribution >= 0.6 is 0 Å². The molecule has 2 aliphatic heterocycles. The Morgan fingerprint density at radius 3 is 1.61 bits per heavy atom. The van der Waals surface area contributed by atoms with Crippen molar-refractivity contribution in [2.75, 3.05) is 52.4 Å². The molecule has 2 fully saturated rings. The van der Waals surface area contributed by atoms with E-state index in [0.717, 1.165) is 26.2 Å². The molecule has 2 rings (SSSR count). The third-order valence-corrected chi connectivity index (χ3v) is 4.08. The summed E-state index contributed by atoms with van der Waals surface area (Å²) in [6.45, 7) is 8.23. The number of carbonyl (C=O) groups is 1. The number of nitrogens with zero attached hydrogens (tertiary/aromatic N) is 3. The van der Waals surface area contributed by atoms with E-state index in [0.29, 0.717) is 0 Å². The lowest BCUT2D eigenvalue weighted by molar-refractivity contribution is 0.186. The van der Waals surface area contributed by atoms with Crippen molar-refractivity contribution in [3.63, 3.8) is 0 Å². The zero-order valence-electron chi connectivity index (χ0n) is 11.3. The van der Waals surface area contributed by atoms with Gasteiger partial charge in [-0.25, -0.2) is 4.79 Å². The number of hydrogen-bond donors (Lipinski definition) is 1. The van der Waals surface area contributed by atoms with Crippen LogP contribution in [-0.2, 0) is 0 Å². The number of nitrogens with two attached hydrogens (primary N) is 1. The minimum Gasteiger partial charge on any atom is -0.351 e. The van der Waals surface area contributed by atoms with Crippen molar-refractivity contribution in [2.45, 2.75) is 25.7 Å². The van der Waals surface area contributed by atoms with Crippen molar-refractivity contribution < 1.29 is 4.79 Å². The normalized spacial score (nSPS) is 21.6. The van der Waals surface area contributed by atoms with Gasteiger partial charge in [0, 0.05) is 26.2 Å². The van der Waals surface area contributed by atoms with E-state index in [1.807, 2.05) is 0 Å². The molecular formula is C13H26N4O. The molecule has 2 heterocycles. The van der Waals surface area contributed by atoms with Crippen LogP contribution in [0.15, 0.2) is 0 Å². The summed E-state index contributed by atoms with van der Waals surface area (Å²) < 4.78 is 0. The Morgan fingerprint density at radius 2 is 1.28 bits per heavy atom. The monoisotopic (exact) mass is 254 g/mol. The number of amides is 2. The molecule has 5 heteroatoms. The molecule has 0 atom stereocenters. The van der Waals surface area contributed by atoms with Crippen LogP contribution in [0.4, 0.5) is 4.79 Å². The average Bonchev–Trinajstić information content (AvgIpc) is 3.00. The summed E-state index contributed by atoms with van der Waals surface area (Å²) >= 11 is 0. The molecule has 0 bridgehead atoms. The van der Waals surface area contributed by atoms with Gasteiger partial charge in [-0.15, -0.1) is 0 Å². The van der Waals surface area contributed by atoms with E-state index in [1.54, 1.807) is 4.90 Å². The third kappa shape index (κ3) is 4.14. The molecule has 2 aliphatic rings. The Balaban J connectivity index is 1.67. The quantitative estimate of drug-likeness (QED) is 0.753. The highest BCUT2D eigenvalue weighted by Crippen LogP contribution is 2.08. The highest BCUT2D eigenvalue weighted by Gasteiger charge is 2.17. The zero-order valence-corrected chi connectivity index (χ0v) is 11.3. The first kappa shape index (κ1) is 13.6. The van der Waals surface area contributed by atoms with E-state index in [1.165, 1.54) is 51.9 Å². The molecule has 0 aromatic rings. The Morgan fingerprint density at radius 1 is 0.889 bits per heavy atom. The molecule has 0 radical (unpaired) electrons. The van der Waals surface area contributed by atoms with Crippen LogP contribution in [0.3, 0.4) is 0 Å². The minimum absolute atomic E-state index is 0.270. The predicted octanol–water partition coefficient (Wildman–Crippen LogP) is 0.559. The SMILES string of the molecule is NC(=O)N(CCN1CCCC1)CCN1CCCC1. The van der Waals surface area contributed by atoms with Crippen LogP contribution in [0.1, 0.15) is 25.7 Å². The van der Waals surface area contributed by atoms with E-state index in [-0.39, 0.29) is 6.03 Å². The second-order valence-corrected chi connectivity index (χ2v) is 5.42. The van der Waals surface area contributed by atoms with E-state index in [4.69, 9.17) is 5.73 Å². The first-order valence-corrected chi connectivity index (χ1v) is 7.25. The number of hydrogen-bond acceptors (Lipinski definition) is 3. The third-order valence-electron chi connectivity index (χ3n) is 4.08. The molecule has 2 saturated heterocycles. The lowest BCUT2D eigenvalue weighted by atomic mass is 10.4. The van der Waals surface area contributed by atoms with E-state index in [2.05, 4.69) is 9.80 Å². The molecule has 5 nitrogen and oxygen atoms in total. The molecule has 0 aromatic heterocycles. The summed E-state index contributed by atoms with van der Waals surface area (Å²) in [5.74, 6) is 0. The van der Waals surface area contributed by atoms with Gasteiger partial charge in [0.1, 0.15) is 0 Å². The van der Waals surface area contributed by atoms with Crippen LogP contribution in [0.25, 0.3) is 0 Å². The highest BCUT2D eigenvalue weighted by molar-refractivity contribution is 5.71. The van der Waals surface area contributed by atoms with Crippen molar-refractivity contribution in [2.24, 2.45) is 5.73 Å². The summed E-state index contributed by atoms with van der Waals surface area (Å²) in [5, 5.41) is 0. The average molecular weight is 254 g/mol. The Bertz CT molecular complexity index is 240. The van der Waals surface area contributed by atoms with Crippen LogP contribution in [0.5, 0.6) is 0 Å². The molecule has 0 spiro atoms. The molecule has 104 valence electrons. The molecule has 18 heavy (non-hydrogen) atoms. The molecule has 0 aliphatic carbocycles. The van der Waals surface area contributed by atoms with Crippen molar-refractivity contribution >= 4 is 6.03 Å². The van der Waals surface area contributed by atoms with E-state index >= 15 is 0 Å². The van der Waals surface area contributed by atoms with Crippen LogP contribution in [-0.4, -0.2) is 73.1 Å². The summed E-state index contributed by atoms with van der Waals surface area (Å²) in [4.78, 5) is 18.1. The van der Waals surface area contributed by atoms with Gasteiger partial charge in [-0.1, -0.05) is 0 Å². The summed E-state index contributed by atoms with van der Waals surface area (Å²) in [7, 11) is 0. The number of urea groups is 1. The standard InChI is InChI=1S/C13H26N4O/c14-13(18)17(11-9-15-5-1-2-6-15)12-10-16-7-3-4-8-16/h1-12H2,(H2,14,18). The van der Waals surface area contributed by atoms with Crippen molar-refractivity contribution in [1.29, 1.82) is 0 Å². The lowest BCUT2D eigenvalue weighted by Crippen LogP contribution is -2.44. The van der Waals surface area contributed by atoms with E-state index in [9.17, 15) is 4.79 Å². The predicted molar refractivity (Wildman–Crippen MR) is 72.5 cm³/mol. The summed E-state index contributed by atoms with van der Waals surface area (Å²) in [6, 6.07) is -0.270. The van der Waals surface area contributed by atoms with Gasteiger partial charge in [0.25, 0.3) is 0 Å². The highest BCUT2D eigenvalue weighted by atomic mass is 16.2. The summed E-state index contributed by atoms with van der Waals surface area (Å²) in [6.07, 6.45) is 5.18. The van der Waals surface area contributed by atoms with Crippen LogP contribution in [0.2, 0.25) is 0 Å². The lowest BCUT2D eigenvalue weighted by Gasteiger charge is -2.26. The van der Waals surface area contributed by atoms with E-state index < -0.39 is 0 Å². The molecule has 0 aromatic carbocycles. The zero-order chi connectivity index (χ0) is 12.8. The van der Waals surface area contributed by atoms with Gasteiger partial charge < -0.3 is 20.4 Å². The maximum Gasteiger partial charge on any atom is 0.314 e. The van der Waals surface area contributed by atoms with Gasteiger partial charge in [-0.3, -0.25) is 0 Å². The molecule has 2 N–H and O–H groups in total. The smallest absolute Gasteiger partial charge is 0.314 e. The molecule has 0 saturated carbocycles. The number of primary amides is 1. The molecule has 0 unspecified atom stereocenters. The fourth-order valence-corrected chi connectivity index (χ4v) is 2.87. The number of rotatable bonds is 6. The number of carbonyl (C=O) groups excluding carboxylic acids is 1. The molecule has 2 amide bonds. The van der Waals surface area contributed by atoms with Gasteiger partial charge in [0.15, 0.2) is 0 Å². The second-order valence-electron chi connectivity index (χ2n) is 5.42. The second kappa shape index (κ2) is 6.95. The topological polar surface area (TPSA) is 52.8 Å². The van der Waals surface area contributed by atoms with Gasteiger partial charge in [-0.2, -0.15) is 0 Å². The first-order chi connectivity index (χ1) is 8.75. The number of likely N-dealkylation sites (tertiary alicyclic amines) is 2. The van der Waals surface area contributed by atoms with Crippen molar-refractivity contribution in [3.8, 4) is 0 Å². The fraction of sp³-hybridized carbons (Fsp3) is 0.923. The van der Waals surface area contributed by atoms with Crippen LogP contribution in [0, 0.1) is 0 Å². The Labute approximate surface area is 110 Å². The van der Waals surface area contributed by atoms with Crippen molar-refractivity contribution in [1.82, 2.24) is 14.7 Å². The Kier molecular flexibility index (Phi) is 5.26. The molecular weight excluding hydrogens is 228 g/mol. The first-order valence-electron chi connectivity index (χ1n) is 7.25. The van der Waals surface area contributed by atoms with Gasteiger partial charge >= 0.3 is 6.03 Å². The van der Waals surface area contributed by atoms with Gasteiger partial charge in [0.2, 0.25) is 0 Å². The fourth-order valence-electron chi connectivity index (χ4n) is 2.87. The minimum atomic E-state index is -0.270. The van der Waals surface area contributed by atoms with Crippen LogP contribution < -0.4 is 5.73 Å². The summed E-state index contributed by atoms with van der Waals surface area (Å²) in [5.41, 5.74) is 5.46.